The molecule has 0 bridgehead atoms. The Bertz CT molecular complexity index is 994. The summed E-state index contributed by atoms with van der Waals surface area (Å²) in [4.78, 5) is 24.8. The van der Waals surface area contributed by atoms with Crippen LogP contribution in [-0.4, -0.2) is 47.0 Å². The number of aryl methyl sites for hydroxylation is 1. The quantitative estimate of drug-likeness (QED) is 0.510. The number of fused-ring (bicyclic) bond motifs is 1. The third-order valence-electron chi connectivity index (χ3n) is 5.40. The number of carbonyl (C=O) groups excluding carboxylic acids is 1. The lowest BCUT2D eigenvalue weighted by molar-refractivity contribution is -0.137. The molecule has 0 saturated carbocycles. The van der Waals surface area contributed by atoms with Crippen molar-refractivity contribution in [2.24, 2.45) is 0 Å². The molecule has 31 heavy (non-hydrogen) atoms. The van der Waals surface area contributed by atoms with Crippen molar-refractivity contribution in [2.75, 3.05) is 31.1 Å². The summed E-state index contributed by atoms with van der Waals surface area (Å²) in [5.41, 5.74) is 0.273. The van der Waals surface area contributed by atoms with E-state index in [2.05, 4.69) is 16.0 Å². The van der Waals surface area contributed by atoms with Crippen LogP contribution in [0.2, 0.25) is 0 Å². The number of rotatable bonds is 6. The van der Waals surface area contributed by atoms with Crippen LogP contribution in [0.15, 0.2) is 42.6 Å². The molecule has 3 heterocycles. The van der Waals surface area contributed by atoms with Crippen molar-refractivity contribution in [1.29, 1.82) is 0 Å². The number of halogens is 3. The van der Waals surface area contributed by atoms with Crippen LogP contribution in [0.5, 0.6) is 0 Å². The van der Waals surface area contributed by atoms with Crippen LogP contribution in [0.1, 0.15) is 29.8 Å². The molecule has 0 N–H and O–H groups in total. The molecule has 3 aromatic rings. The summed E-state index contributed by atoms with van der Waals surface area (Å²) in [6, 6.07) is 10.5. The lowest BCUT2D eigenvalue weighted by Gasteiger charge is -2.35. The highest BCUT2D eigenvalue weighted by Crippen LogP contribution is 2.29. The Morgan fingerprint density at radius 3 is 2.48 bits per heavy atom. The highest BCUT2D eigenvalue weighted by atomic mass is 32.1. The molecule has 1 fully saturated rings. The first kappa shape index (κ1) is 21.5. The van der Waals surface area contributed by atoms with E-state index in [4.69, 9.17) is 0 Å². The van der Waals surface area contributed by atoms with E-state index in [0.29, 0.717) is 38.4 Å². The predicted molar refractivity (Wildman–Crippen MR) is 115 cm³/mol. The number of aromatic nitrogens is 2. The molecule has 0 aliphatic carbocycles. The fourth-order valence-electron chi connectivity index (χ4n) is 3.66. The number of amides is 1. The van der Waals surface area contributed by atoms with Crippen LogP contribution in [0.3, 0.4) is 0 Å². The summed E-state index contributed by atoms with van der Waals surface area (Å²) >= 11 is 1.70. The number of benzene rings is 1. The van der Waals surface area contributed by atoms with Crippen LogP contribution in [0, 0.1) is 0 Å². The highest BCUT2D eigenvalue weighted by molar-refractivity contribution is 7.18. The van der Waals surface area contributed by atoms with Crippen molar-refractivity contribution in [3.8, 4) is 0 Å². The summed E-state index contributed by atoms with van der Waals surface area (Å²) in [5, 5.41) is 1.10. The number of hydrogen-bond acceptors (Lipinski definition) is 5. The van der Waals surface area contributed by atoms with Gasteiger partial charge in [-0.25, -0.2) is 9.97 Å². The number of alkyl halides is 3. The maximum atomic E-state index is 12.7. The van der Waals surface area contributed by atoms with Crippen molar-refractivity contribution in [2.45, 2.75) is 31.9 Å². The van der Waals surface area contributed by atoms with E-state index in [9.17, 15) is 18.0 Å². The number of anilines is 1. The van der Waals surface area contributed by atoms with E-state index >= 15 is 0 Å². The van der Waals surface area contributed by atoms with Gasteiger partial charge in [0.15, 0.2) is 0 Å². The molecule has 164 valence electrons. The fourth-order valence-corrected chi connectivity index (χ4v) is 4.67. The maximum Gasteiger partial charge on any atom is 0.417 e. The van der Waals surface area contributed by atoms with Gasteiger partial charge in [0.25, 0.3) is 0 Å². The number of piperazine rings is 1. The third-order valence-corrected chi connectivity index (χ3v) is 6.50. The largest absolute Gasteiger partial charge is 0.417 e. The zero-order chi connectivity index (χ0) is 21.8. The second-order valence-electron chi connectivity index (χ2n) is 7.55. The van der Waals surface area contributed by atoms with E-state index in [-0.39, 0.29) is 5.91 Å². The number of nitrogens with zero attached hydrogens (tertiary/aromatic N) is 4. The van der Waals surface area contributed by atoms with Gasteiger partial charge in [-0.2, -0.15) is 13.2 Å². The molecule has 2 aromatic heterocycles. The molecular formula is C22H23F3N4OS. The second kappa shape index (κ2) is 9.21. The standard InChI is InChI=1S/C22H23F3N4OS/c23-22(24,25)16-9-10-19(26-15-16)28-11-13-29(14-12-28)21(30)8-4-3-7-20-27-17-5-1-2-6-18(17)31-20/h1-2,5-6,9-10,15H,3-4,7-8,11-14H2. The minimum Gasteiger partial charge on any atom is -0.353 e. The van der Waals surface area contributed by atoms with Gasteiger partial charge in [0, 0.05) is 38.8 Å². The van der Waals surface area contributed by atoms with Gasteiger partial charge in [-0.15, -0.1) is 11.3 Å². The van der Waals surface area contributed by atoms with Crippen molar-refractivity contribution in [3.63, 3.8) is 0 Å². The monoisotopic (exact) mass is 448 g/mol. The Morgan fingerprint density at radius 1 is 1.03 bits per heavy atom. The average molecular weight is 449 g/mol. The molecule has 1 saturated heterocycles. The predicted octanol–water partition coefficient (Wildman–Crippen LogP) is 4.77. The minimum absolute atomic E-state index is 0.129. The van der Waals surface area contributed by atoms with Crippen LogP contribution in [0.4, 0.5) is 19.0 Å². The van der Waals surface area contributed by atoms with E-state index in [1.165, 1.54) is 10.8 Å². The van der Waals surface area contributed by atoms with Gasteiger partial charge in [0.1, 0.15) is 5.82 Å². The van der Waals surface area contributed by atoms with Gasteiger partial charge >= 0.3 is 6.18 Å². The molecule has 0 spiro atoms. The number of pyridine rings is 1. The van der Waals surface area contributed by atoms with E-state index in [0.717, 1.165) is 42.0 Å². The second-order valence-corrected chi connectivity index (χ2v) is 8.67. The smallest absolute Gasteiger partial charge is 0.353 e. The summed E-state index contributed by atoms with van der Waals surface area (Å²) in [7, 11) is 0. The van der Waals surface area contributed by atoms with Gasteiger partial charge < -0.3 is 9.80 Å². The summed E-state index contributed by atoms with van der Waals surface area (Å²) in [6.45, 7) is 2.24. The average Bonchev–Trinajstić information content (AvgIpc) is 3.19. The fraction of sp³-hybridized carbons (Fsp3) is 0.409. The topological polar surface area (TPSA) is 49.3 Å². The Hall–Kier alpha value is -2.68. The third kappa shape index (κ3) is 5.33. The number of hydrogen-bond donors (Lipinski definition) is 0. The number of carbonyl (C=O) groups is 1. The van der Waals surface area contributed by atoms with Crippen molar-refractivity contribution >= 4 is 33.3 Å². The van der Waals surface area contributed by atoms with E-state index in [1.807, 2.05) is 28.0 Å². The van der Waals surface area contributed by atoms with Gasteiger partial charge in [-0.05, 0) is 43.5 Å². The molecular weight excluding hydrogens is 425 g/mol. The Balaban J connectivity index is 1.19. The zero-order valence-corrected chi connectivity index (χ0v) is 17.8. The molecule has 5 nitrogen and oxygen atoms in total. The minimum atomic E-state index is -4.39. The summed E-state index contributed by atoms with van der Waals surface area (Å²) in [6.07, 6.45) is -0.415. The molecule has 9 heteroatoms. The van der Waals surface area contributed by atoms with Gasteiger partial charge in [0.2, 0.25) is 5.91 Å². The Kier molecular flexibility index (Phi) is 6.41. The molecule has 0 atom stereocenters. The first-order valence-electron chi connectivity index (χ1n) is 10.3. The molecule has 0 unspecified atom stereocenters. The normalized spacial score (nSPS) is 14.9. The van der Waals surface area contributed by atoms with Crippen molar-refractivity contribution in [1.82, 2.24) is 14.9 Å². The van der Waals surface area contributed by atoms with Gasteiger partial charge in [-0.1, -0.05) is 12.1 Å². The molecule has 1 aliphatic heterocycles. The number of para-hydroxylation sites is 1. The lowest BCUT2D eigenvalue weighted by Crippen LogP contribution is -2.49. The lowest BCUT2D eigenvalue weighted by atomic mass is 10.1. The van der Waals surface area contributed by atoms with Crippen LogP contribution >= 0.6 is 11.3 Å². The molecule has 1 amide bonds. The van der Waals surface area contributed by atoms with Gasteiger partial charge in [-0.3, -0.25) is 4.79 Å². The Labute approximate surface area is 182 Å². The van der Waals surface area contributed by atoms with Crippen LogP contribution < -0.4 is 4.90 Å². The number of thiazole rings is 1. The first-order chi connectivity index (χ1) is 14.9. The Morgan fingerprint density at radius 2 is 1.81 bits per heavy atom. The van der Waals surface area contributed by atoms with Gasteiger partial charge in [0.05, 0.1) is 20.8 Å². The highest BCUT2D eigenvalue weighted by Gasteiger charge is 2.31. The molecule has 1 aromatic carbocycles. The van der Waals surface area contributed by atoms with Crippen molar-refractivity contribution < 1.29 is 18.0 Å². The number of unbranched alkanes of at least 4 members (excludes halogenated alkanes) is 1. The summed E-state index contributed by atoms with van der Waals surface area (Å²) in [5.74, 6) is 0.639. The van der Waals surface area contributed by atoms with E-state index < -0.39 is 11.7 Å². The van der Waals surface area contributed by atoms with Crippen LogP contribution in [0.25, 0.3) is 10.2 Å². The van der Waals surface area contributed by atoms with Crippen LogP contribution in [-0.2, 0) is 17.4 Å². The molecule has 1 aliphatic rings. The SMILES string of the molecule is O=C(CCCCc1nc2ccccc2s1)N1CCN(c2ccc(C(F)(F)F)cn2)CC1. The maximum absolute atomic E-state index is 12.7. The van der Waals surface area contributed by atoms with E-state index in [1.54, 1.807) is 11.3 Å². The first-order valence-corrected chi connectivity index (χ1v) is 11.1. The molecule has 4 rings (SSSR count). The zero-order valence-electron chi connectivity index (χ0n) is 16.9. The van der Waals surface area contributed by atoms with Crippen molar-refractivity contribution in [3.05, 3.63) is 53.2 Å². The molecule has 0 radical (unpaired) electrons. The summed E-state index contributed by atoms with van der Waals surface area (Å²) < 4.78 is 39.2.